The molecule has 0 saturated carbocycles. The number of pyridine rings is 1. The van der Waals surface area contributed by atoms with E-state index in [-0.39, 0.29) is 5.43 Å². The van der Waals surface area contributed by atoms with Gasteiger partial charge in [-0.2, -0.15) is 0 Å². The van der Waals surface area contributed by atoms with Gasteiger partial charge in [-0.15, -0.1) is 0 Å². The van der Waals surface area contributed by atoms with E-state index in [0.717, 1.165) is 21.5 Å². The topological polar surface area (TPSA) is 32.9 Å². The molecule has 0 atom stereocenters. The van der Waals surface area contributed by atoms with Crippen molar-refractivity contribution in [1.29, 1.82) is 0 Å². The number of aromatic nitrogens is 1. The van der Waals surface area contributed by atoms with Crippen molar-refractivity contribution < 1.29 is 0 Å². The van der Waals surface area contributed by atoms with Crippen LogP contribution in [0.3, 0.4) is 0 Å². The van der Waals surface area contributed by atoms with Crippen LogP contribution in [0.2, 0.25) is 0 Å². The molecule has 1 aromatic carbocycles. The van der Waals surface area contributed by atoms with Gasteiger partial charge in [-0.3, -0.25) is 4.79 Å². The molecule has 2 rings (SSSR count). The van der Waals surface area contributed by atoms with Crippen molar-refractivity contribution in [2.24, 2.45) is 0 Å². The molecular weight excluding hydrogens is 234 g/mol. The summed E-state index contributed by atoms with van der Waals surface area (Å²) in [4.78, 5) is 15.3. The second-order valence-corrected chi connectivity index (χ2v) is 3.40. The van der Waals surface area contributed by atoms with Gasteiger partial charge in [-0.05, 0) is 26.0 Å². The first-order valence-electron chi connectivity index (χ1n) is 7.01. The van der Waals surface area contributed by atoms with E-state index in [9.17, 15) is 4.79 Å². The lowest BCUT2D eigenvalue weighted by Gasteiger charge is -1.97. The Morgan fingerprint density at radius 3 is 2.05 bits per heavy atom. The fraction of sp³-hybridized carbons (Fsp3) is 0.353. The number of hydrogen-bond donors (Lipinski definition) is 1. The van der Waals surface area contributed by atoms with E-state index in [1.165, 1.54) is 0 Å². The van der Waals surface area contributed by atoms with Crippen LogP contribution in [0.1, 0.15) is 41.5 Å². The largest absolute Gasteiger partial charge is 0.355 e. The van der Waals surface area contributed by atoms with Crippen molar-refractivity contribution in [3.8, 4) is 0 Å². The van der Waals surface area contributed by atoms with E-state index in [4.69, 9.17) is 0 Å². The third kappa shape index (κ3) is 3.82. The van der Waals surface area contributed by atoms with Gasteiger partial charge in [0.1, 0.15) is 0 Å². The van der Waals surface area contributed by atoms with Gasteiger partial charge in [0.15, 0.2) is 5.43 Å². The molecule has 2 heteroatoms. The van der Waals surface area contributed by atoms with Gasteiger partial charge in [0.2, 0.25) is 0 Å². The molecule has 2 nitrogen and oxygen atoms in total. The number of hydrogen-bond acceptors (Lipinski definition) is 1. The molecule has 0 radical (unpaired) electrons. The second kappa shape index (κ2) is 9.15. The smallest absolute Gasteiger partial charge is 0.196 e. The molecular formula is C17H25NO. The van der Waals surface area contributed by atoms with Crippen molar-refractivity contribution in [2.45, 2.75) is 41.5 Å². The van der Waals surface area contributed by atoms with Gasteiger partial charge in [0, 0.05) is 21.5 Å². The fourth-order valence-electron chi connectivity index (χ4n) is 1.78. The number of aromatic amines is 1. The van der Waals surface area contributed by atoms with Crippen molar-refractivity contribution in [2.75, 3.05) is 0 Å². The van der Waals surface area contributed by atoms with Crippen LogP contribution < -0.4 is 16.0 Å². The Labute approximate surface area is 115 Å². The van der Waals surface area contributed by atoms with Crippen LogP contribution in [-0.4, -0.2) is 4.98 Å². The Kier molecular flexibility index (Phi) is 8.27. The monoisotopic (exact) mass is 259 g/mol. The van der Waals surface area contributed by atoms with Crippen LogP contribution in [-0.2, 0) is 0 Å². The van der Waals surface area contributed by atoms with E-state index < -0.39 is 0 Å². The maximum absolute atomic E-state index is 12.1. The average molecular weight is 259 g/mol. The summed E-state index contributed by atoms with van der Waals surface area (Å²) in [6.45, 7) is 11.8. The molecule has 1 N–H and O–H groups in total. The van der Waals surface area contributed by atoms with Gasteiger partial charge in [-0.1, -0.05) is 52.0 Å². The number of nitrogens with one attached hydrogen (secondary N) is 1. The first kappa shape index (κ1) is 17.2. The summed E-state index contributed by atoms with van der Waals surface area (Å²) in [5, 5.41) is 2.38. The lowest BCUT2D eigenvalue weighted by molar-refractivity contribution is 1.25. The highest BCUT2D eigenvalue weighted by Crippen LogP contribution is 2.01. The quantitative estimate of drug-likeness (QED) is 0.774. The molecule has 0 saturated heterocycles. The Morgan fingerprint density at radius 1 is 0.947 bits per heavy atom. The summed E-state index contributed by atoms with van der Waals surface area (Å²) in [6.07, 6.45) is 3.77. The summed E-state index contributed by atoms with van der Waals surface area (Å²) in [6, 6.07) is 7.57. The number of H-pyrrole nitrogens is 1. The third-order valence-electron chi connectivity index (χ3n) is 2.55. The predicted molar refractivity (Wildman–Crippen MR) is 86.8 cm³/mol. The van der Waals surface area contributed by atoms with Gasteiger partial charge < -0.3 is 4.98 Å². The molecule has 0 unspecified atom stereocenters. The van der Waals surface area contributed by atoms with E-state index in [1.54, 1.807) is 0 Å². The van der Waals surface area contributed by atoms with Crippen molar-refractivity contribution in [3.63, 3.8) is 0 Å². The first-order chi connectivity index (χ1) is 9.27. The number of benzene rings is 1. The summed E-state index contributed by atoms with van der Waals surface area (Å²) >= 11 is 0. The molecule has 0 aliphatic rings. The third-order valence-corrected chi connectivity index (χ3v) is 2.55. The molecule has 0 bridgehead atoms. The highest BCUT2D eigenvalue weighted by molar-refractivity contribution is 5.78. The van der Waals surface area contributed by atoms with Crippen molar-refractivity contribution >= 4 is 23.1 Å². The number of para-hydroxylation sites is 1. The van der Waals surface area contributed by atoms with E-state index in [0.29, 0.717) is 0 Å². The Bertz CT molecular complexity index is 666. The van der Waals surface area contributed by atoms with Crippen LogP contribution in [0, 0.1) is 0 Å². The Balaban J connectivity index is 0.000000741. The van der Waals surface area contributed by atoms with Crippen LogP contribution in [0.4, 0.5) is 0 Å². The molecule has 0 aliphatic heterocycles. The zero-order valence-corrected chi connectivity index (χ0v) is 12.9. The minimum absolute atomic E-state index is 0.0972. The molecule has 0 amide bonds. The molecule has 0 fully saturated rings. The van der Waals surface area contributed by atoms with Crippen LogP contribution in [0.15, 0.2) is 29.1 Å². The lowest BCUT2D eigenvalue weighted by Crippen LogP contribution is -2.40. The second-order valence-electron chi connectivity index (χ2n) is 3.40. The molecule has 1 aromatic heterocycles. The summed E-state index contributed by atoms with van der Waals surface area (Å²) in [5.74, 6) is 0. The molecule has 1 heterocycles. The molecule has 0 aliphatic carbocycles. The minimum Gasteiger partial charge on any atom is -0.355 e. The average Bonchev–Trinajstić information content (AvgIpc) is 2.51. The molecule has 104 valence electrons. The zero-order valence-electron chi connectivity index (χ0n) is 12.9. The SMILES string of the molecule is C/C=c1/[nH]c2ccccc2c(=O)/c1=C/C.CC.CC. The Hall–Kier alpha value is -1.83. The molecule has 0 spiro atoms. The van der Waals surface area contributed by atoms with Crippen LogP contribution >= 0.6 is 0 Å². The van der Waals surface area contributed by atoms with Gasteiger partial charge in [-0.25, -0.2) is 0 Å². The van der Waals surface area contributed by atoms with Crippen LogP contribution in [0.5, 0.6) is 0 Å². The maximum atomic E-state index is 12.1. The first-order valence-corrected chi connectivity index (χ1v) is 7.01. The fourth-order valence-corrected chi connectivity index (χ4v) is 1.78. The maximum Gasteiger partial charge on any atom is 0.196 e. The van der Waals surface area contributed by atoms with Crippen LogP contribution in [0.25, 0.3) is 23.1 Å². The number of rotatable bonds is 0. The Morgan fingerprint density at radius 2 is 1.53 bits per heavy atom. The van der Waals surface area contributed by atoms with E-state index in [2.05, 4.69) is 4.98 Å². The highest BCUT2D eigenvalue weighted by atomic mass is 16.1. The predicted octanol–water partition coefficient (Wildman–Crippen LogP) is 3.18. The summed E-state index contributed by atoms with van der Waals surface area (Å²) in [5.41, 5.74) is 0.987. The summed E-state index contributed by atoms with van der Waals surface area (Å²) < 4.78 is 0. The normalized spacial score (nSPS) is 11.5. The molecule has 2 aromatic rings. The van der Waals surface area contributed by atoms with Gasteiger partial charge in [0.05, 0.1) is 0 Å². The van der Waals surface area contributed by atoms with Gasteiger partial charge in [0.25, 0.3) is 0 Å². The van der Waals surface area contributed by atoms with E-state index in [1.807, 2.05) is 78.0 Å². The highest BCUT2D eigenvalue weighted by Gasteiger charge is 1.99. The zero-order chi connectivity index (χ0) is 14.8. The molecule has 19 heavy (non-hydrogen) atoms. The van der Waals surface area contributed by atoms with Gasteiger partial charge >= 0.3 is 0 Å². The van der Waals surface area contributed by atoms with Crippen molar-refractivity contribution in [3.05, 3.63) is 45.1 Å². The summed E-state index contributed by atoms with van der Waals surface area (Å²) in [7, 11) is 0. The number of fused-ring (bicyclic) bond motifs is 1. The minimum atomic E-state index is 0.0972. The lowest BCUT2D eigenvalue weighted by atomic mass is 10.2. The van der Waals surface area contributed by atoms with Crippen molar-refractivity contribution in [1.82, 2.24) is 4.98 Å². The standard InChI is InChI=1S/C13H13NO.2C2H6/c1-3-9-11(4-2)14-12-8-6-5-7-10(12)13(9)15;2*1-2/h3-8,14H,1-2H3;2*1-2H3/b9-3+,11-4+;;. The van der Waals surface area contributed by atoms with E-state index >= 15 is 0 Å².